The van der Waals surface area contributed by atoms with Crippen LogP contribution in [0.4, 0.5) is 20.2 Å². The number of carbonyl (C=O) groups is 1. The summed E-state index contributed by atoms with van der Waals surface area (Å²) in [6, 6.07) is 14.2. The van der Waals surface area contributed by atoms with Crippen LogP contribution in [0, 0.1) is 5.92 Å². The molecule has 2 saturated heterocycles. The first-order valence-corrected chi connectivity index (χ1v) is 15.3. The number of hydrogen-bond donors (Lipinski definition) is 0. The maximum Gasteiger partial charge on any atom is 0.341 e. The van der Waals surface area contributed by atoms with E-state index in [1.807, 2.05) is 18.2 Å². The lowest BCUT2D eigenvalue weighted by molar-refractivity contribution is 0.0512. The van der Waals surface area contributed by atoms with Crippen molar-refractivity contribution in [3.8, 4) is 11.1 Å². The maximum atomic E-state index is 14.2. The summed E-state index contributed by atoms with van der Waals surface area (Å²) in [7, 11) is 0. The predicted octanol–water partition coefficient (Wildman–Crippen LogP) is 6.94. The van der Waals surface area contributed by atoms with Crippen molar-refractivity contribution in [2.75, 3.05) is 62.2 Å². The first-order valence-electron chi connectivity index (χ1n) is 14.9. The van der Waals surface area contributed by atoms with Gasteiger partial charge >= 0.3 is 5.97 Å². The number of alkyl halides is 2. The number of benzene rings is 2. The third-order valence-corrected chi connectivity index (χ3v) is 8.35. The molecular weight excluding hydrogens is 560 g/mol. The van der Waals surface area contributed by atoms with Crippen molar-refractivity contribution in [1.82, 2.24) is 14.7 Å². The fraction of sp³-hybridized carbons (Fsp3) is 0.500. The van der Waals surface area contributed by atoms with Gasteiger partial charge in [-0.2, -0.15) is 5.10 Å². The lowest BCUT2D eigenvalue weighted by Gasteiger charge is -2.37. The number of ether oxygens (including phenoxy) is 1. The molecule has 42 heavy (non-hydrogen) atoms. The monoisotopic (exact) mass is 599 g/mol. The topological polar surface area (TPSA) is 53.8 Å². The van der Waals surface area contributed by atoms with Gasteiger partial charge in [0.25, 0.3) is 6.43 Å². The number of nitrogens with zero attached hydrogens (tertiary/aromatic N) is 5. The molecule has 2 aromatic carbocycles. The molecule has 1 atom stereocenters. The van der Waals surface area contributed by atoms with E-state index in [1.54, 1.807) is 6.92 Å². The third-order valence-electron chi connectivity index (χ3n) is 8.12. The standard InChI is InChI=1S/C32H40ClF2N5O2/c1-4-42-32(41)28-19-36-40(30(28)31(34)35)26-6-5-13-39(21-26)29-18-24(33)9-12-27(29)23-7-10-25(11-8-23)38-16-14-37(15-17-38)20-22(2)3/h7-12,18-19,22,26,31H,4-6,13-17,20-21H2,1-3H3. The Hall–Kier alpha value is -3.17. The van der Waals surface area contributed by atoms with Crippen molar-refractivity contribution in [1.29, 1.82) is 0 Å². The number of rotatable bonds is 9. The molecule has 7 nitrogen and oxygen atoms in total. The molecule has 226 valence electrons. The van der Waals surface area contributed by atoms with E-state index in [-0.39, 0.29) is 23.9 Å². The van der Waals surface area contributed by atoms with Crippen LogP contribution in [-0.4, -0.2) is 73.1 Å². The van der Waals surface area contributed by atoms with E-state index in [0.717, 1.165) is 62.5 Å². The minimum absolute atomic E-state index is 0.108. The number of carbonyl (C=O) groups excluding carboxylic acids is 1. The molecule has 1 unspecified atom stereocenters. The number of hydrogen-bond acceptors (Lipinski definition) is 6. The Morgan fingerprint density at radius 2 is 1.79 bits per heavy atom. The first kappa shape index (κ1) is 30.3. The summed E-state index contributed by atoms with van der Waals surface area (Å²) in [5.41, 5.74) is 3.73. The normalized spacial score (nSPS) is 18.2. The fourth-order valence-corrected chi connectivity index (χ4v) is 6.35. The maximum absolute atomic E-state index is 14.2. The Labute approximate surface area is 252 Å². The molecule has 1 aromatic heterocycles. The summed E-state index contributed by atoms with van der Waals surface area (Å²) >= 11 is 6.48. The van der Waals surface area contributed by atoms with Gasteiger partial charge in [-0.1, -0.05) is 43.6 Å². The van der Waals surface area contributed by atoms with E-state index in [9.17, 15) is 13.6 Å². The Bertz CT molecular complexity index is 1360. The quantitative estimate of drug-likeness (QED) is 0.248. The molecule has 0 saturated carbocycles. The van der Waals surface area contributed by atoms with E-state index in [2.05, 4.69) is 57.9 Å². The number of halogens is 3. The second-order valence-corrected chi connectivity index (χ2v) is 12.0. The largest absolute Gasteiger partial charge is 0.462 e. The van der Waals surface area contributed by atoms with Crippen LogP contribution in [0.3, 0.4) is 0 Å². The SMILES string of the molecule is CCOC(=O)c1cnn(C2CCCN(c3cc(Cl)ccc3-c3ccc(N4CCN(CC(C)C)CC4)cc3)C2)c1C(F)F. The highest BCUT2D eigenvalue weighted by Gasteiger charge is 2.32. The number of aromatic nitrogens is 2. The molecule has 2 fully saturated rings. The van der Waals surface area contributed by atoms with Crippen LogP contribution in [0.2, 0.25) is 5.02 Å². The predicted molar refractivity (Wildman–Crippen MR) is 164 cm³/mol. The van der Waals surface area contributed by atoms with E-state index >= 15 is 0 Å². The molecule has 0 N–H and O–H groups in total. The zero-order valence-electron chi connectivity index (χ0n) is 24.6. The van der Waals surface area contributed by atoms with Crippen LogP contribution >= 0.6 is 11.6 Å². The highest BCUT2D eigenvalue weighted by Crippen LogP contribution is 2.38. The molecule has 2 aliphatic heterocycles. The molecule has 0 radical (unpaired) electrons. The van der Waals surface area contributed by atoms with Gasteiger partial charge < -0.3 is 14.5 Å². The van der Waals surface area contributed by atoms with Crippen molar-refractivity contribution >= 4 is 28.9 Å². The molecule has 5 rings (SSSR count). The third kappa shape index (κ3) is 6.73. The summed E-state index contributed by atoms with van der Waals surface area (Å²) in [6.45, 7) is 12.8. The van der Waals surface area contributed by atoms with E-state index < -0.39 is 12.4 Å². The molecule has 2 aliphatic rings. The highest BCUT2D eigenvalue weighted by molar-refractivity contribution is 6.31. The summed E-state index contributed by atoms with van der Waals surface area (Å²) in [6.07, 6.45) is -0.180. The van der Waals surface area contributed by atoms with Gasteiger partial charge in [0.15, 0.2) is 0 Å². The summed E-state index contributed by atoms with van der Waals surface area (Å²) in [4.78, 5) is 19.5. The summed E-state index contributed by atoms with van der Waals surface area (Å²) in [5, 5.41) is 4.85. The van der Waals surface area contributed by atoms with Gasteiger partial charge in [0, 0.05) is 67.8 Å². The van der Waals surface area contributed by atoms with Crippen molar-refractivity contribution < 1.29 is 18.3 Å². The van der Waals surface area contributed by atoms with Gasteiger partial charge in [-0.3, -0.25) is 9.58 Å². The van der Waals surface area contributed by atoms with Crippen LogP contribution in [0.1, 0.15) is 62.1 Å². The molecule has 3 aromatic rings. The van der Waals surface area contributed by atoms with Gasteiger partial charge in [-0.15, -0.1) is 0 Å². The Morgan fingerprint density at radius 3 is 2.45 bits per heavy atom. The first-order chi connectivity index (χ1) is 20.2. The Kier molecular flexibility index (Phi) is 9.68. The van der Waals surface area contributed by atoms with Gasteiger partial charge in [0.1, 0.15) is 11.3 Å². The van der Waals surface area contributed by atoms with Crippen molar-refractivity contribution in [2.24, 2.45) is 5.92 Å². The second kappa shape index (κ2) is 13.4. The molecular formula is C32H40ClF2N5O2. The average molecular weight is 600 g/mol. The molecule has 0 bridgehead atoms. The lowest BCUT2D eigenvalue weighted by atomic mass is 9.99. The number of esters is 1. The fourth-order valence-electron chi connectivity index (χ4n) is 6.19. The minimum Gasteiger partial charge on any atom is -0.462 e. The minimum atomic E-state index is -2.85. The van der Waals surface area contributed by atoms with Crippen LogP contribution in [0.25, 0.3) is 11.1 Å². The van der Waals surface area contributed by atoms with E-state index in [0.29, 0.717) is 23.9 Å². The van der Waals surface area contributed by atoms with Crippen LogP contribution in [0.15, 0.2) is 48.7 Å². The smallest absolute Gasteiger partial charge is 0.341 e. The Morgan fingerprint density at radius 1 is 1.05 bits per heavy atom. The average Bonchev–Trinajstić information content (AvgIpc) is 3.44. The zero-order chi connectivity index (χ0) is 29.8. The summed E-state index contributed by atoms with van der Waals surface area (Å²) in [5.74, 6) is -0.0997. The van der Waals surface area contributed by atoms with Crippen LogP contribution in [0.5, 0.6) is 0 Å². The van der Waals surface area contributed by atoms with Crippen LogP contribution < -0.4 is 9.80 Å². The van der Waals surface area contributed by atoms with E-state index in [1.165, 1.54) is 16.6 Å². The van der Waals surface area contributed by atoms with Crippen molar-refractivity contribution in [2.45, 2.75) is 46.1 Å². The van der Waals surface area contributed by atoms with Gasteiger partial charge in [-0.25, -0.2) is 13.6 Å². The lowest BCUT2D eigenvalue weighted by Crippen LogP contribution is -2.47. The molecule has 0 aliphatic carbocycles. The molecule has 0 spiro atoms. The van der Waals surface area contributed by atoms with Crippen molar-refractivity contribution in [3.05, 3.63) is 64.9 Å². The van der Waals surface area contributed by atoms with Crippen LogP contribution in [-0.2, 0) is 4.74 Å². The summed E-state index contributed by atoms with van der Waals surface area (Å²) < 4.78 is 34.7. The molecule has 3 heterocycles. The zero-order valence-corrected chi connectivity index (χ0v) is 25.4. The Balaban J connectivity index is 1.36. The molecule has 10 heteroatoms. The number of piperazine rings is 1. The van der Waals surface area contributed by atoms with Crippen molar-refractivity contribution in [3.63, 3.8) is 0 Å². The van der Waals surface area contributed by atoms with Gasteiger partial charge in [-0.05, 0) is 55.5 Å². The van der Waals surface area contributed by atoms with Gasteiger partial charge in [0.05, 0.1) is 18.8 Å². The number of piperidine rings is 1. The number of anilines is 2. The van der Waals surface area contributed by atoms with E-state index in [4.69, 9.17) is 16.3 Å². The highest BCUT2D eigenvalue weighted by atomic mass is 35.5. The second-order valence-electron chi connectivity index (χ2n) is 11.5. The molecule has 0 amide bonds. The van der Waals surface area contributed by atoms with Gasteiger partial charge in [0.2, 0.25) is 0 Å².